The number of carbonyl (C=O) groups is 1. The number of hydrogen-bond acceptors (Lipinski definition) is 5. The van der Waals surface area contributed by atoms with E-state index in [1.54, 1.807) is 0 Å². The minimum atomic E-state index is -1.25. The fourth-order valence-electron chi connectivity index (χ4n) is 5.99. The summed E-state index contributed by atoms with van der Waals surface area (Å²) in [6.07, 6.45) is 31.2. The van der Waals surface area contributed by atoms with E-state index in [0.717, 1.165) is 38.5 Å². The lowest BCUT2D eigenvalue weighted by molar-refractivity contribution is -0.132. The second kappa shape index (κ2) is 32.7. The lowest BCUT2D eigenvalue weighted by atomic mass is 9.99. The maximum absolute atomic E-state index is 12.4. The zero-order valence-corrected chi connectivity index (χ0v) is 28.7. The Morgan fingerprint density at radius 1 is 0.488 bits per heavy atom. The lowest BCUT2D eigenvalue weighted by Crippen LogP contribution is -2.53. The molecule has 0 saturated carbocycles. The van der Waals surface area contributed by atoms with Crippen LogP contribution in [0.1, 0.15) is 200 Å². The summed E-state index contributed by atoms with van der Waals surface area (Å²) in [4.78, 5) is 12.4. The summed E-state index contributed by atoms with van der Waals surface area (Å²) < 4.78 is 0. The van der Waals surface area contributed by atoms with Gasteiger partial charge in [0.25, 0.3) is 0 Å². The standard InChI is InChI=1S/C37H75NO5/c1-3-5-7-9-11-13-15-17-19-20-22-24-26-28-30-34(40)36(42)33(32-39)38-37(43)35(41)31-29-27-25-23-21-18-16-14-12-10-8-6-4-2/h33-36,39-42H,3-32H2,1-2H3,(H,38,43). The van der Waals surface area contributed by atoms with Crippen molar-refractivity contribution in [2.24, 2.45) is 0 Å². The molecule has 43 heavy (non-hydrogen) atoms. The van der Waals surface area contributed by atoms with Crippen molar-refractivity contribution in [2.45, 2.75) is 224 Å². The van der Waals surface area contributed by atoms with Gasteiger partial charge in [-0.2, -0.15) is 0 Å². The van der Waals surface area contributed by atoms with Crippen LogP contribution in [0.2, 0.25) is 0 Å². The van der Waals surface area contributed by atoms with E-state index < -0.39 is 36.9 Å². The monoisotopic (exact) mass is 614 g/mol. The summed E-state index contributed by atoms with van der Waals surface area (Å²) >= 11 is 0. The Labute approximate surface area is 267 Å². The molecule has 0 radical (unpaired) electrons. The quantitative estimate of drug-likeness (QED) is 0.0466. The molecule has 4 atom stereocenters. The first-order valence-corrected chi connectivity index (χ1v) is 18.9. The summed E-state index contributed by atoms with van der Waals surface area (Å²) in [5, 5.41) is 43.4. The molecule has 0 heterocycles. The minimum absolute atomic E-state index is 0.374. The van der Waals surface area contributed by atoms with Gasteiger partial charge in [0.2, 0.25) is 5.91 Å². The molecule has 0 aromatic rings. The normalized spacial score (nSPS) is 14.5. The first kappa shape index (κ1) is 42.3. The third-order valence-electron chi connectivity index (χ3n) is 9.07. The van der Waals surface area contributed by atoms with Gasteiger partial charge >= 0.3 is 0 Å². The predicted molar refractivity (Wildman–Crippen MR) is 182 cm³/mol. The zero-order chi connectivity index (χ0) is 31.8. The average molecular weight is 614 g/mol. The van der Waals surface area contributed by atoms with E-state index in [0.29, 0.717) is 12.8 Å². The maximum atomic E-state index is 12.4. The predicted octanol–water partition coefficient (Wildman–Crippen LogP) is 8.90. The Balaban J connectivity index is 3.79. The third kappa shape index (κ3) is 27.4. The Kier molecular flexibility index (Phi) is 32.2. The molecule has 0 aromatic carbocycles. The fourth-order valence-corrected chi connectivity index (χ4v) is 5.99. The topological polar surface area (TPSA) is 110 Å². The maximum Gasteiger partial charge on any atom is 0.249 e. The Morgan fingerprint density at radius 3 is 1.12 bits per heavy atom. The third-order valence-corrected chi connectivity index (χ3v) is 9.07. The molecule has 0 rings (SSSR count). The molecule has 0 spiro atoms. The van der Waals surface area contributed by atoms with Gasteiger partial charge in [-0.3, -0.25) is 4.79 Å². The van der Waals surface area contributed by atoms with Crippen LogP contribution in [0.5, 0.6) is 0 Å². The van der Waals surface area contributed by atoms with E-state index in [9.17, 15) is 25.2 Å². The molecule has 0 bridgehead atoms. The molecule has 258 valence electrons. The second-order valence-corrected chi connectivity index (χ2v) is 13.3. The summed E-state index contributed by atoms with van der Waals surface area (Å²) in [6.45, 7) is 4.03. The molecule has 6 heteroatoms. The van der Waals surface area contributed by atoms with Crippen molar-refractivity contribution in [2.75, 3.05) is 6.61 Å². The summed E-state index contributed by atoms with van der Waals surface area (Å²) in [5.74, 6) is -0.583. The minimum Gasteiger partial charge on any atom is -0.394 e. The highest BCUT2D eigenvalue weighted by Crippen LogP contribution is 2.16. The largest absolute Gasteiger partial charge is 0.394 e. The van der Waals surface area contributed by atoms with Crippen molar-refractivity contribution in [3.63, 3.8) is 0 Å². The van der Waals surface area contributed by atoms with Gasteiger partial charge in [-0.05, 0) is 12.8 Å². The number of rotatable bonds is 34. The number of nitrogens with one attached hydrogen (secondary N) is 1. The van der Waals surface area contributed by atoms with Crippen LogP contribution in [0.15, 0.2) is 0 Å². The van der Waals surface area contributed by atoms with E-state index in [1.807, 2.05) is 0 Å². The molecule has 5 N–H and O–H groups in total. The number of unbranched alkanes of at least 4 members (excludes halogenated alkanes) is 25. The number of amides is 1. The first-order chi connectivity index (χ1) is 21.0. The van der Waals surface area contributed by atoms with Gasteiger partial charge < -0.3 is 25.7 Å². The molecule has 0 saturated heterocycles. The summed E-state index contributed by atoms with van der Waals surface area (Å²) in [6, 6.07) is -0.976. The average Bonchev–Trinajstić information content (AvgIpc) is 3.01. The molecule has 0 aromatic heterocycles. The van der Waals surface area contributed by atoms with E-state index in [-0.39, 0.29) is 0 Å². The number of hydrogen-bond donors (Lipinski definition) is 5. The molecule has 0 aliphatic carbocycles. The summed E-state index contributed by atoms with van der Waals surface area (Å²) in [7, 11) is 0. The SMILES string of the molecule is CCCCCCCCCCCCCCCCC(O)C(O)C(CO)NC(=O)C(O)CCCCCCCCCCCCCCC. The van der Waals surface area contributed by atoms with Crippen LogP contribution in [0, 0.1) is 0 Å². The molecule has 0 aliphatic rings. The Bertz CT molecular complexity index is 575. The van der Waals surface area contributed by atoms with Crippen LogP contribution in [-0.2, 0) is 4.79 Å². The zero-order valence-electron chi connectivity index (χ0n) is 28.7. The van der Waals surface area contributed by atoms with Gasteiger partial charge in [-0.25, -0.2) is 0 Å². The van der Waals surface area contributed by atoms with Crippen LogP contribution >= 0.6 is 0 Å². The smallest absolute Gasteiger partial charge is 0.249 e. The van der Waals surface area contributed by atoms with Crippen molar-refractivity contribution in [3.05, 3.63) is 0 Å². The van der Waals surface area contributed by atoms with Crippen LogP contribution in [0.25, 0.3) is 0 Å². The van der Waals surface area contributed by atoms with Gasteiger partial charge in [0.1, 0.15) is 12.2 Å². The van der Waals surface area contributed by atoms with Crippen molar-refractivity contribution >= 4 is 5.91 Å². The van der Waals surface area contributed by atoms with Crippen LogP contribution < -0.4 is 5.32 Å². The molecule has 1 amide bonds. The van der Waals surface area contributed by atoms with Crippen LogP contribution in [0.3, 0.4) is 0 Å². The van der Waals surface area contributed by atoms with Crippen molar-refractivity contribution in [1.29, 1.82) is 0 Å². The van der Waals surface area contributed by atoms with Crippen LogP contribution in [-0.4, -0.2) is 57.3 Å². The van der Waals surface area contributed by atoms with Gasteiger partial charge in [0, 0.05) is 0 Å². The molecular formula is C37H75NO5. The summed E-state index contributed by atoms with van der Waals surface area (Å²) in [5.41, 5.74) is 0. The number of aliphatic hydroxyl groups excluding tert-OH is 4. The lowest BCUT2D eigenvalue weighted by Gasteiger charge is -2.27. The second-order valence-electron chi connectivity index (χ2n) is 13.3. The first-order valence-electron chi connectivity index (χ1n) is 18.9. The number of aliphatic hydroxyl groups is 4. The fraction of sp³-hybridized carbons (Fsp3) is 0.973. The van der Waals surface area contributed by atoms with Crippen molar-refractivity contribution < 1.29 is 25.2 Å². The Morgan fingerprint density at radius 2 is 0.791 bits per heavy atom. The van der Waals surface area contributed by atoms with Crippen LogP contribution in [0.4, 0.5) is 0 Å². The van der Waals surface area contributed by atoms with Gasteiger partial charge in [0.15, 0.2) is 0 Å². The van der Waals surface area contributed by atoms with Crippen molar-refractivity contribution in [3.8, 4) is 0 Å². The van der Waals surface area contributed by atoms with Gasteiger partial charge in [-0.1, -0.05) is 187 Å². The highest BCUT2D eigenvalue weighted by molar-refractivity contribution is 5.80. The van der Waals surface area contributed by atoms with Gasteiger partial charge in [-0.15, -0.1) is 0 Å². The molecule has 6 nitrogen and oxygen atoms in total. The molecule has 4 unspecified atom stereocenters. The molecular weight excluding hydrogens is 538 g/mol. The van der Waals surface area contributed by atoms with E-state index in [1.165, 1.54) is 135 Å². The number of carbonyl (C=O) groups excluding carboxylic acids is 1. The van der Waals surface area contributed by atoms with E-state index in [4.69, 9.17) is 0 Å². The van der Waals surface area contributed by atoms with Gasteiger partial charge in [0.05, 0.1) is 18.8 Å². The Hall–Kier alpha value is -0.690. The van der Waals surface area contributed by atoms with E-state index in [2.05, 4.69) is 19.2 Å². The van der Waals surface area contributed by atoms with Crippen molar-refractivity contribution in [1.82, 2.24) is 5.32 Å². The highest BCUT2D eigenvalue weighted by Gasteiger charge is 2.28. The molecule has 0 fully saturated rings. The highest BCUT2D eigenvalue weighted by atomic mass is 16.3. The van der Waals surface area contributed by atoms with E-state index >= 15 is 0 Å². The molecule has 0 aliphatic heterocycles.